The summed E-state index contributed by atoms with van der Waals surface area (Å²) in [6.07, 6.45) is 1.71. The number of hydrogen-bond donors (Lipinski definition) is 1. The minimum atomic E-state index is -1.51. The van der Waals surface area contributed by atoms with Gasteiger partial charge in [0.1, 0.15) is 0 Å². The van der Waals surface area contributed by atoms with Crippen molar-refractivity contribution in [3.63, 3.8) is 0 Å². The lowest BCUT2D eigenvalue weighted by atomic mass is 10.2. The Balaban J connectivity index is 2.80. The first-order chi connectivity index (χ1) is 7.47. The van der Waals surface area contributed by atoms with Crippen LogP contribution in [0.5, 0.6) is 0 Å². The predicted octanol–water partition coefficient (Wildman–Crippen LogP) is 2.93. The van der Waals surface area contributed by atoms with Crippen molar-refractivity contribution in [2.24, 2.45) is 0 Å². The second-order valence-electron chi connectivity index (χ2n) is 5.00. The molecule has 1 N–H and O–H groups in total. The molecule has 0 aliphatic rings. The minimum Gasteiger partial charge on any atom is -0.389 e. The van der Waals surface area contributed by atoms with E-state index in [4.69, 9.17) is 0 Å². The fourth-order valence-electron chi connectivity index (χ4n) is 1.84. The van der Waals surface area contributed by atoms with Crippen LogP contribution in [0.1, 0.15) is 13.8 Å². The van der Waals surface area contributed by atoms with E-state index in [2.05, 4.69) is 37.4 Å². The summed E-state index contributed by atoms with van der Waals surface area (Å²) in [5.74, 6) is 0. The zero-order chi connectivity index (χ0) is 12.2. The quantitative estimate of drug-likeness (QED) is 0.627. The van der Waals surface area contributed by atoms with Gasteiger partial charge in [0.2, 0.25) is 0 Å². The van der Waals surface area contributed by atoms with Crippen molar-refractivity contribution in [1.29, 1.82) is 0 Å². The molecule has 0 saturated heterocycles. The van der Waals surface area contributed by atoms with Gasteiger partial charge in [-0.05, 0) is 25.5 Å². The molecule has 0 spiro atoms. The van der Waals surface area contributed by atoms with Crippen LogP contribution < -0.4 is 5.19 Å². The molecule has 88 valence electrons. The summed E-state index contributed by atoms with van der Waals surface area (Å²) in [7, 11) is -1.51. The van der Waals surface area contributed by atoms with Crippen LogP contribution in [-0.4, -0.2) is 19.3 Å². The molecule has 0 heterocycles. The molecule has 0 aliphatic heterocycles. The van der Waals surface area contributed by atoms with Gasteiger partial charge in [0, 0.05) is 0 Å². The summed E-state index contributed by atoms with van der Waals surface area (Å²) >= 11 is 0. The van der Waals surface area contributed by atoms with Crippen LogP contribution in [0.2, 0.25) is 19.1 Å². The maximum Gasteiger partial charge on any atom is 0.0834 e. The molecule has 0 radical (unpaired) electrons. The summed E-state index contributed by atoms with van der Waals surface area (Å²) < 4.78 is 0. The lowest BCUT2D eigenvalue weighted by molar-refractivity contribution is 0.229. The monoisotopic (exact) mass is 234 g/mol. The van der Waals surface area contributed by atoms with Crippen molar-refractivity contribution >= 4 is 13.3 Å². The molecular formula is C14H22OSi. The summed E-state index contributed by atoms with van der Waals surface area (Å²) in [5.41, 5.74) is 1.08. The van der Waals surface area contributed by atoms with Gasteiger partial charge in [-0.3, -0.25) is 0 Å². The maximum absolute atomic E-state index is 10.1. The smallest absolute Gasteiger partial charge is 0.0834 e. The van der Waals surface area contributed by atoms with Crippen LogP contribution >= 0.6 is 0 Å². The van der Waals surface area contributed by atoms with Crippen LogP contribution in [0.15, 0.2) is 42.0 Å². The number of hydrogen-bond acceptors (Lipinski definition) is 1. The van der Waals surface area contributed by atoms with Gasteiger partial charge < -0.3 is 5.11 Å². The maximum atomic E-state index is 10.1. The Hall–Kier alpha value is -0.863. The van der Waals surface area contributed by atoms with E-state index < -0.39 is 8.07 Å². The van der Waals surface area contributed by atoms with E-state index in [1.54, 1.807) is 0 Å². The number of allylic oxidation sites excluding steroid dienone is 1. The van der Waals surface area contributed by atoms with E-state index in [0.717, 1.165) is 11.6 Å². The molecule has 0 fully saturated rings. The largest absolute Gasteiger partial charge is 0.389 e. The molecule has 1 aromatic carbocycles. The van der Waals surface area contributed by atoms with Crippen LogP contribution in [0.4, 0.5) is 0 Å². The molecule has 0 aromatic heterocycles. The Labute approximate surface area is 99.8 Å². The van der Waals surface area contributed by atoms with Crippen LogP contribution in [-0.2, 0) is 0 Å². The molecular weight excluding hydrogens is 212 g/mol. The van der Waals surface area contributed by atoms with Gasteiger partial charge in [0.15, 0.2) is 0 Å². The van der Waals surface area contributed by atoms with Crippen molar-refractivity contribution in [2.75, 3.05) is 0 Å². The summed E-state index contributed by atoms with van der Waals surface area (Å²) in [6, 6.07) is 11.5. The van der Waals surface area contributed by atoms with Crippen molar-refractivity contribution in [1.82, 2.24) is 0 Å². The highest BCUT2D eigenvalue weighted by atomic mass is 28.3. The third kappa shape index (κ3) is 3.32. The third-order valence-corrected chi connectivity index (χ3v) is 6.54. The van der Waals surface area contributed by atoms with E-state index in [9.17, 15) is 5.11 Å². The predicted molar refractivity (Wildman–Crippen MR) is 73.8 cm³/mol. The third-order valence-electron chi connectivity index (χ3n) is 3.24. The molecule has 1 atom stereocenters. The topological polar surface area (TPSA) is 20.2 Å². The SMILES string of the molecule is CC=C(C)[C@H](O)C[Si](C)(C)c1ccccc1. The zero-order valence-corrected chi connectivity index (χ0v) is 11.7. The molecule has 1 aromatic rings. The Bertz CT molecular complexity index is 354. The highest BCUT2D eigenvalue weighted by Gasteiger charge is 2.26. The standard InChI is InChI=1S/C14H22OSi/c1-5-12(2)14(15)11-16(3,4)13-9-7-6-8-10-13/h5-10,14-15H,11H2,1-4H3/t14-/m1/s1. The number of aliphatic hydroxyl groups excluding tert-OH is 1. The van der Waals surface area contributed by atoms with E-state index >= 15 is 0 Å². The fraction of sp³-hybridized carbons (Fsp3) is 0.429. The molecule has 2 heteroatoms. The van der Waals surface area contributed by atoms with Gasteiger partial charge in [0.05, 0.1) is 14.2 Å². The molecule has 0 aliphatic carbocycles. The van der Waals surface area contributed by atoms with Crippen molar-refractivity contribution in [3.8, 4) is 0 Å². The first-order valence-electron chi connectivity index (χ1n) is 5.84. The Kier molecular flexibility index (Phi) is 4.51. The second-order valence-corrected chi connectivity index (χ2v) is 9.76. The average molecular weight is 234 g/mol. The zero-order valence-electron chi connectivity index (χ0n) is 10.7. The molecule has 0 saturated carbocycles. The molecule has 1 nitrogen and oxygen atoms in total. The van der Waals surface area contributed by atoms with E-state index in [1.165, 1.54) is 5.19 Å². The van der Waals surface area contributed by atoms with Crippen molar-refractivity contribution in [2.45, 2.75) is 39.1 Å². The van der Waals surface area contributed by atoms with Crippen molar-refractivity contribution < 1.29 is 5.11 Å². The van der Waals surface area contributed by atoms with Gasteiger partial charge in [-0.2, -0.15) is 0 Å². The Morgan fingerprint density at radius 3 is 2.38 bits per heavy atom. The number of rotatable bonds is 4. The van der Waals surface area contributed by atoms with Gasteiger partial charge in [-0.1, -0.05) is 54.7 Å². The summed E-state index contributed by atoms with van der Waals surface area (Å²) in [4.78, 5) is 0. The van der Waals surface area contributed by atoms with E-state index in [-0.39, 0.29) is 6.10 Å². The van der Waals surface area contributed by atoms with Crippen LogP contribution in [0, 0.1) is 0 Å². The van der Waals surface area contributed by atoms with E-state index in [1.807, 2.05) is 26.0 Å². The minimum absolute atomic E-state index is 0.285. The molecule has 16 heavy (non-hydrogen) atoms. The van der Waals surface area contributed by atoms with Crippen LogP contribution in [0.3, 0.4) is 0 Å². The lowest BCUT2D eigenvalue weighted by Crippen LogP contribution is -2.44. The van der Waals surface area contributed by atoms with Gasteiger partial charge in [0.25, 0.3) is 0 Å². The Morgan fingerprint density at radius 1 is 1.31 bits per heavy atom. The first kappa shape index (κ1) is 13.2. The van der Waals surface area contributed by atoms with Gasteiger partial charge >= 0.3 is 0 Å². The normalized spacial score (nSPS) is 14.9. The summed E-state index contributed by atoms with van der Waals surface area (Å²) in [6.45, 7) is 8.61. The molecule has 0 bridgehead atoms. The lowest BCUT2D eigenvalue weighted by Gasteiger charge is -2.26. The highest BCUT2D eigenvalue weighted by molar-refractivity contribution is 6.89. The Morgan fingerprint density at radius 2 is 1.88 bits per heavy atom. The van der Waals surface area contributed by atoms with Crippen LogP contribution in [0.25, 0.3) is 0 Å². The van der Waals surface area contributed by atoms with Gasteiger partial charge in [-0.15, -0.1) is 0 Å². The number of aliphatic hydroxyl groups is 1. The summed E-state index contributed by atoms with van der Waals surface area (Å²) in [5, 5.41) is 11.5. The second kappa shape index (κ2) is 5.46. The highest BCUT2D eigenvalue weighted by Crippen LogP contribution is 2.17. The first-order valence-corrected chi connectivity index (χ1v) is 9.04. The van der Waals surface area contributed by atoms with Gasteiger partial charge in [-0.25, -0.2) is 0 Å². The van der Waals surface area contributed by atoms with Crippen molar-refractivity contribution in [3.05, 3.63) is 42.0 Å². The number of benzene rings is 1. The molecule has 0 unspecified atom stereocenters. The fourth-order valence-corrected chi connectivity index (χ4v) is 4.46. The molecule has 0 amide bonds. The molecule has 1 rings (SSSR count). The average Bonchev–Trinajstić information content (AvgIpc) is 2.28. The van der Waals surface area contributed by atoms with E-state index in [0.29, 0.717) is 0 Å².